The first-order valence-corrected chi connectivity index (χ1v) is 15.6. The van der Waals surface area contributed by atoms with Crippen LogP contribution < -0.4 is 14.3 Å². The number of anilines is 3. The highest BCUT2D eigenvalue weighted by molar-refractivity contribution is 7.93. The zero-order valence-corrected chi connectivity index (χ0v) is 24.7. The number of carbonyl (C=O) groups excluding carboxylic acids is 1. The monoisotopic (exact) mass is 637 g/mol. The molecule has 0 radical (unpaired) electrons. The molecule has 2 N–H and O–H groups in total. The Morgan fingerprint density at radius 1 is 0.775 bits per heavy atom. The molecule has 208 valence electrons. The van der Waals surface area contributed by atoms with Gasteiger partial charge < -0.3 is 5.32 Å². The Bertz CT molecular complexity index is 1760. The number of rotatable bonds is 9. The molecule has 0 aliphatic rings. The lowest BCUT2D eigenvalue weighted by atomic mass is 10.2. The predicted octanol–water partition coefficient (Wildman–Crippen LogP) is 6.59. The van der Waals surface area contributed by atoms with Crippen molar-refractivity contribution in [2.45, 2.75) is 16.7 Å². The maximum Gasteiger partial charge on any atom is 0.264 e. The van der Waals surface area contributed by atoms with Crippen molar-refractivity contribution >= 4 is 77.8 Å². The Kier molecular flexibility index (Phi) is 8.96. The van der Waals surface area contributed by atoms with Gasteiger partial charge in [0.05, 0.1) is 26.2 Å². The molecule has 0 aliphatic carbocycles. The largest absolute Gasteiger partial charge is 0.325 e. The highest BCUT2D eigenvalue weighted by atomic mass is 35.5. The van der Waals surface area contributed by atoms with Crippen LogP contribution in [0, 0.1) is 6.92 Å². The van der Waals surface area contributed by atoms with Gasteiger partial charge in [0.1, 0.15) is 6.54 Å². The minimum Gasteiger partial charge on any atom is -0.325 e. The molecule has 0 aliphatic heterocycles. The van der Waals surface area contributed by atoms with Gasteiger partial charge in [-0.3, -0.25) is 13.8 Å². The Morgan fingerprint density at radius 3 is 2.00 bits per heavy atom. The number of halogens is 3. The second-order valence-electron chi connectivity index (χ2n) is 8.55. The molecule has 0 saturated carbocycles. The van der Waals surface area contributed by atoms with Crippen LogP contribution in [0.4, 0.5) is 17.1 Å². The third-order valence-electron chi connectivity index (χ3n) is 5.70. The van der Waals surface area contributed by atoms with E-state index in [1.54, 1.807) is 31.2 Å². The van der Waals surface area contributed by atoms with Crippen LogP contribution in [0.3, 0.4) is 0 Å². The number of amides is 1. The summed E-state index contributed by atoms with van der Waals surface area (Å²) >= 11 is 17.9. The van der Waals surface area contributed by atoms with Crippen LogP contribution in [0.15, 0.2) is 101 Å². The summed E-state index contributed by atoms with van der Waals surface area (Å²) in [6.07, 6.45) is 0. The first-order valence-electron chi connectivity index (χ1n) is 11.6. The lowest BCUT2D eigenvalue weighted by molar-refractivity contribution is -0.114. The molecule has 0 unspecified atom stereocenters. The van der Waals surface area contributed by atoms with Gasteiger partial charge in [-0.1, -0.05) is 53.0 Å². The van der Waals surface area contributed by atoms with Gasteiger partial charge in [0, 0.05) is 15.7 Å². The fraction of sp³-hybridized carbons (Fsp3) is 0.0741. The molecule has 4 rings (SSSR count). The number of carbonyl (C=O) groups is 1. The van der Waals surface area contributed by atoms with Gasteiger partial charge in [0.2, 0.25) is 5.91 Å². The number of para-hydroxylation sites is 1. The average Bonchev–Trinajstić information content (AvgIpc) is 2.90. The second-order valence-corrected chi connectivity index (χ2v) is 13.4. The SMILES string of the molecule is Cc1ccccc1N(CC(=O)Nc1ccc(S(=O)(=O)Nc2ccc(Cl)cc2Cl)cc1)S(=O)(=O)c1ccc(Cl)cc1. The van der Waals surface area contributed by atoms with Crippen LogP contribution >= 0.6 is 34.8 Å². The van der Waals surface area contributed by atoms with E-state index < -0.39 is 32.5 Å². The zero-order valence-electron chi connectivity index (χ0n) is 20.8. The van der Waals surface area contributed by atoms with Gasteiger partial charge in [-0.25, -0.2) is 16.8 Å². The summed E-state index contributed by atoms with van der Waals surface area (Å²) in [7, 11) is -8.13. The number of sulfonamides is 2. The standard InChI is InChI=1S/C27H22Cl3N3O5S2/c1-18-4-2-3-5-26(18)33(40(37,38)23-11-6-19(28)7-12-23)17-27(34)31-21-9-13-22(14-10-21)39(35,36)32-25-15-8-20(29)16-24(25)30/h2-16,32H,17H2,1H3,(H,31,34). The first kappa shape index (κ1) is 29.7. The topological polar surface area (TPSA) is 113 Å². The lowest BCUT2D eigenvalue weighted by Crippen LogP contribution is -2.38. The van der Waals surface area contributed by atoms with Crippen LogP contribution in [0.2, 0.25) is 15.1 Å². The molecule has 0 heterocycles. The molecular weight excluding hydrogens is 617 g/mol. The first-order chi connectivity index (χ1) is 18.9. The number of hydrogen-bond acceptors (Lipinski definition) is 5. The number of nitrogens with one attached hydrogen (secondary N) is 2. The van der Waals surface area contributed by atoms with Crippen LogP contribution in [0.25, 0.3) is 0 Å². The number of aryl methyl sites for hydroxylation is 1. The Hall–Kier alpha value is -3.28. The molecule has 0 spiro atoms. The highest BCUT2D eigenvalue weighted by Gasteiger charge is 2.28. The van der Waals surface area contributed by atoms with Gasteiger partial charge in [-0.2, -0.15) is 0 Å². The van der Waals surface area contributed by atoms with Gasteiger partial charge >= 0.3 is 0 Å². The van der Waals surface area contributed by atoms with E-state index in [1.807, 2.05) is 0 Å². The van der Waals surface area contributed by atoms with E-state index in [4.69, 9.17) is 34.8 Å². The maximum atomic E-state index is 13.5. The molecule has 40 heavy (non-hydrogen) atoms. The van der Waals surface area contributed by atoms with Crippen molar-refractivity contribution in [1.82, 2.24) is 0 Å². The fourth-order valence-corrected chi connectivity index (χ4v) is 6.90. The average molecular weight is 639 g/mol. The molecule has 13 heteroatoms. The summed E-state index contributed by atoms with van der Waals surface area (Å²) in [6, 6.07) is 22.1. The second kappa shape index (κ2) is 12.1. The summed E-state index contributed by atoms with van der Waals surface area (Å²) < 4.78 is 56.1. The van der Waals surface area contributed by atoms with E-state index in [2.05, 4.69) is 10.0 Å². The van der Waals surface area contributed by atoms with Crippen molar-refractivity contribution in [1.29, 1.82) is 0 Å². The van der Waals surface area contributed by atoms with Crippen molar-refractivity contribution in [2.24, 2.45) is 0 Å². The lowest BCUT2D eigenvalue weighted by Gasteiger charge is -2.25. The minimum absolute atomic E-state index is 0.0317. The van der Waals surface area contributed by atoms with Crippen LogP contribution in [0.1, 0.15) is 5.56 Å². The molecule has 1 amide bonds. The number of nitrogens with zero attached hydrogens (tertiary/aromatic N) is 1. The summed E-state index contributed by atoms with van der Waals surface area (Å²) in [5.41, 5.74) is 1.40. The predicted molar refractivity (Wildman–Crippen MR) is 160 cm³/mol. The van der Waals surface area contributed by atoms with E-state index >= 15 is 0 Å². The van der Waals surface area contributed by atoms with E-state index in [9.17, 15) is 21.6 Å². The molecule has 4 aromatic carbocycles. The third kappa shape index (κ3) is 6.89. The summed E-state index contributed by atoms with van der Waals surface area (Å²) in [6.45, 7) is 1.20. The smallest absolute Gasteiger partial charge is 0.264 e. The van der Waals surface area contributed by atoms with Gasteiger partial charge in [0.25, 0.3) is 20.0 Å². The molecule has 4 aromatic rings. The molecular formula is C27H22Cl3N3O5S2. The molecule has 0 saturated heterocycles. The molecule has 0 bridgehead atoms. The molecule has 0 fully saturated rings. The Balaban J connectivity index is 1.54. The van der Waals surface area contributed by atoms with Crippen molar-refractivity contribution in [3.8, 4) is 0 Å². The zero-order chi connectivity index (χ0) is 29.1. The summed E-state index contributed by atoms with van der Waals surface area (Å²) in [4.78, 5) is 12.9. The van der Waals surface area contributed by atoms with Gasteiger partial charge in [-0.05, 0) is 85.3 Å². The maximum absolute atomic E-state index is 13.5. The van der Waals surface area contributed by atoms with Crippen molar-refractivity contribution in [2.75, 3.05) is 20.9 Å². The minimum atomic E-state index is -4.14. The van der Waals surface area contributed by atoms with Gasteiger partial charge in [0.15, 0.2) is 0 Å². The highest BCUT2D eigenvalue weighted by Crippen LogP contribution is 2.29. The van der Waals surface area contributed by atoms with Crippen LogP contribution in [0.5, 0.6) is 0 Å². The Morgan fingerprint density at radius 2 is 1.38 bits per heavy atom. The van der Waals surface area contributed by atoms with E-state index in [-0.39, 0.29) is 26.2 Å². The number of hydrogen-bond donors (Lipinski definition) is 2. The van der Waals surface area contributed by atoms with Gasteiger partial charge in [-0.15, -0.1) is 0 Å². The van der Waals surface area contributed by atoms with Crippen LogP contribution in [-0.2, 0) is 24.8 Å². The van der Waals surface area contributed by atoms with Crippen molar-refractivity contribution in [3.63, 3.8) is 0 Å². The third-order valence-corrected chi connectivity index (χ3v) is 9.65. The van der Waals surface area contributed by atoms with Crippen LogP contribution in [-0.4, -0.2) is 29.3 Å². The quantitative estimate of drug-likeness (QED) is 0.215. The van der Waals surface area contributed by atoms with Crippen molar-refractivity contribution in [3.05, 3.63) is 112 Å². The molecule has 0 atom stereocenters. The number of benzene rings is 4. The van der Waals surface area contributed by atoms with E-state index in [0.29, 0.717) is 21.3 Å². The van der Waals surface area contributed by atoms with Crippen molar-refractivity contribution < 1.29 is 21.6 Å². The van der Waals surface area contributed by atoms with E-state index in [0.717, 1.165) is 4.31 Å². The summed E-state index contributed by atoms with van der Waals surface area (Å²) in [5, 5.41) is 3.48. The molecule has 0 aromatic heterocycles. The fourth-order valence-electron chi connectivity index (χ4n) is 3.70. The molecule has 8 nitrogen and oxygen atoms in total. The Labute approximate surface area is 247 Å². The summed E-state index contributed by atoms with van der Waals surface area (Å²) in [5.74, 6) is -0.637. The van der Waals surface area contributed by atoms with E-state index in [1.165, 1.54) is 66.7 Å². The normalized spacial score (nSPS) is 11.6.